The van der Waals surface area contributed by atoms with Crippen molar-refractivity contribution >= 4 is 22.9 Å². The fourth-order valence-corrected chi connectivity index (χ4v) is 2.76. The SMILES string of the molecule is CC(=O)N1CCN(C(=O)Cc2ccc3oc(C)nc3c2)CC1. The number of oxazole rings is 1. The van der Waals surface area contributed by atoms with Gasteiger partial charge in [-0.05, 0) is 17.7 Å². The van der Waals surface area contributed by atoms with Crippen molar-refractivity contribution in [3.8, 4) is 0 Å². The van der Waals surface area contributed by atoms with Gasteiger partial charge < -0.3 is 14.2 Å². The number of carbonyl (C=O) groups excluding carboxylic acids is 2. The first-order valence-corrected chi connectivity index (χ1v) is 7.42. The van der Waals surface area contributed by atoms with Crippen LogP contribution in [0.5, 0.6) is 0 Å². The Morgan fingerprint density at radius 2 is 1.86 bits per heavy atom. The van der Waals surface area contributed by atoms with E-state index < -0.39 is 0 Å². The second kappa shape index (κ2) is 5.79. The summed E-state index contributed by atoms with van der Waals surface area (Å²) < 4.78 is 5.43. The molecule has 0 N–H and O–H groups in total. The summed E-state index contributed by atoms with van der Waals surface area (Å²) in [6.07, 6.45) is 0.349. The maximum atomic E-state index is 12.4. The van der Waals surface area contributed by atoms with Gasteiger partial charge in [0, 0.05) is 40.0 Å². The highest BCUT2D eigenvalue weighted by atomic mass is 16.3. The van der Waals surface area contributed by atoms with Gasteiger partial charge in [0.15, 0.2) is 11.5 Å². The molecule has 2 aromatic rings. The fraction of sp³-hybridized carbons (Fsp3) is 0.438. The van der Waals surface area contributed by atoms with E-state index in [9.17, 15) is 9.59 Å². The third kappa shape index (κ3) is 2.95. The third-order valence-corrected chi connectivity index (χ3v) is 3.99. The number of nitrogens with zero attached hydrogens (tertiary/aromatic N) is 3. The van der Waals surface area contributed by atoms with Crippen LogP contribution in [0.1, 0.15) is 18.4 Å². The molecule has 0 spiro atoms. The van der Waals surface area contributed by atoms with Crippen LogP contribution in [0.25, 0.3) is 11.1 Å². The van der Waals surface area contributed by atoms with Gasteiger partial charge in [0.2, 0.25) is 11.8 Å². The number of benzene rings is 1. The van der Waals surface area contributed by atoms with Crippen LogP contribution in [0.15, 0.2) is 22.6 Å². The van der Waals surface area contributed by atoms with Crippen LogP contribution in [0.4, 0.5) is 0 Å². The van der Waals surface area contributed by atoms with Gasteiger partial charge in [0.05, 0.1) is 6.42 Å². The predicted molar refractivity (Wildman–Crippen MR) is 81.3 cm³/mol. The number of carbonyl (C=O) groups is 2. The van der Waals surface area contributed by atoms with Gasteiger partial charge >= 0.3 is 0 Å². The monoisotopic (exact) mass is 301 g/mol. The number of hydrogen-bond donors (Lipinski definition) is 0. The van der Waals surface area contributed by atoms with Crippen molar-refractivity contribution in [3.63, 3.8) is 0 Å². The van der Waals surface area contributed by atoms with Crippen LogP contribution < -0.4 is 0 Å². The number of piperazine rings is 1. The first kappa shape index (κ1) is 14.6. The van der Waals surface area contributed by atoms with E-state index in [1.165, 1.54) is 0 Å². The van der Waals surface area contributed by atoms with Gasteiger partial charge in [-0.2, -0.15) is 0 Å². The minimum Gasteiger partial charge on any atom is -0.441 e. The van der Waals surface area contributed by atoms with Crippen molar-refractivity contribution in [1.29, 1.82) is 0 Å². The van der Waals surface area contributed by atoms with Gasteiger partial charge in [-0.3, -0.25) is 9.59 Å². The second-order valence-corrected chi connectivity index (χ2v) is 5.60. The van der Waals surface area contributed by atoms with Crippen molar-refractivity contribution in [3.05, 3.63) is 29.7 Å². The highest BCUT2D eigenvalue weighted by molar-refractivity contribution is 5.81. The van der Waals surface area contributed by atoms with E-state index in [4.69, 9.17) is 4.42 Å². The molecule has 3 rings (SSSR count). The molecule has 6 heteroatoms. The molecule has 0 aliphatic carbocycles. The van der Waals surface area contributed by atoms with Crippen LogP contribution in [-0.2, 0) is 16.0 Å². The van der Waals surface area contributed by atoms with Crippen molar-refractivity contribution in [2.75, 3.05) is 26.2 Å². The summed E-state index contributed by atoms with van der Waals surface area (Å²) >= 11 is 0. The molecule has 116 valence electrons. The molecule has 1 aliphatic rings. The number of fused-ring (bicyclic) bond motifs is 1. The number of hydrogen-bond acceptors (Lipinski definition) is 4. The summed E-state index contributed by atoms with van der Waals surface area (Å²) in [6, 6.07) is 5.65. The Balaban J connectivity index is 1.64. The zero-order valence-electron chi connectivity index (χ0n) is 12.8. The van der Waals surface area contributed by atoms with E-state index in [2.05, 4.69) is 4.98 Å². The Bertz CT molecular complexity index is 714. The molecule has 1 fully saturated rings. The van der Waals surface area contributed by atoms with E-state index in [0.717, 1.165) is 16.7 Å². The van der Waals surface area contributed by atoms with Gasteiger partial charge in [-0.15, -0.1) is 0 Å². The maximum absolute atomic E-state index is 12.4. The van der Waals surface area contributed by atoms with Crippen LogP contribution in [0.2, 0.25) is 0 Å². The van der Waals surface area contributed by atoms with Gasteiger partial charge in [-0.1, -0.05) is 6.07 Å². The Hall–Kier alpha value is -2.37. The molecule has 22 heavy (non-hydrogen) atoms. The first-order valence-electron chi connectivity index (χ1n) is 7.42. The summed E-state index contributed by atoms with van der Waals surface area (Å²) in [5.74, 6) is 0.778. The van der Waals surface area contributed by atoms with Crippen molar-refractivity contribution < 1.29 is 14.0 Å². The predicted octanol–water partition coefficient (Wildman–Crippen LogP) is 1.37. The minimum atomic E-state index is 0.0685. The van der Waals surface area contributed by atoms with Crippen LogP contribution in [0.3, 0.4) is 0 Å². The maximum Gasteiger partial charge on any atom is 0.227 e. The number of amides is 2. The van der Waals surface area contributed by atoms with Crippen molar-refractivity contribution in [2.45, 2.75) is 20.3 Å². The van der Waals surface area contributed by atoms with E-state index in [1.807, 2.05) is 23.1 Å². The van der Waals surface area contributed by atoms with Crippen LogP contribution in [-0.4, -0.2) is 52.8 Å². The van der Waals surface area contributed by atoms with Gasteiger partial charge in [0.25, 0.3) is 0 Å². The van der Waals surface area contributed by atoms with E-state index >= 15 is 0 Å². The lowest BCUT2D eigenvalue weighted by Crippen LogP contribution is -2.50. The largest absolute Gasteiger partial charge is 0.441 e. The van der Waals surface area contributed by atoms with E-state index in [1.54, 1.807) is 18.7 Å². The highest BCUT2D eigenvalue weighted by Gasteiger charge is 2.22. The van der Waals surface area contributed by atoms with Crippen LogP contribution in [0, 0.1) is 6.92 Å². The Kier molecular flexibility index (Phi) is 3.83. The molecule has 6 nitrogen and oxygen atoms in total. The third-order valence-electron chi connectivity index (χ3n) is 3.99. The summed E-state index contributed by atoms with van der Waals surface area (Å²) in [5.41, 5.74) is 2.45. The zero-order chi connectivity index (χ0) is 15.7. The average Bonchev–Trinajstić information content (AvgIpc) is 2.86. The normalized spacial score (nSPS) is 15.4. The summed E-state index contributed by atoms with van der Waals surface area (Å²) in [6.45, 7) is 5.80. The molecule has 0 bridgehead atoms. The quantitative estimate of drug-likeness (QED) is 0.840. The lowest BCUT2D eigenvalue weighted by Gasteiger charge is -2.34. The van der Waals surface area contributed by atoms with Crippen LogP contribution >= 0.6 is 0 Å². The molecule has 1 saturated heterocycles. The number of aromatic nitrogens is 1. The molecule has 1 aliphatic heterocycles. The Labute approximate surface area is 128 Å². The summed E-state index contributed by atoms with van der Waals surface area (Å²) in [4.78, 5) is 31.5. The minimum absolute atomic E-state index is 0.0685. The van der Waals surface area contributed by atoms with Crippen molar-refractivity contribution in [2.24, 2.45) is 0 Å². The van der Waals surface area contributed by atoms with E-state index in [0.29, 0.717) is 38.5 Å². The van der Waals surface area contributed by atoms with Gasteiger partial charge in [-0.25, -0.2) is 4.98 Å². The lowest BCUT2D eigenvalue weighted by atomic mass is 10.1. The van der Waals surface area contributed by atoms with Crippen molar-refractivity contribution in [1.82, 2.24) is 14.8 Å². The molecule has 1 aromatic heterocycles. The van der Waals surface area contributed by atoms with E-state index in [-0.39, 0.29) is 11.8 Å². The number of rotatable bonds is 2. The Morgan fingerprint density at radius 1 is 1.18 bits per heavy atom. The standard InChI is InChI=1S/C16H19N3O3/c1-11-17-14-9-13(3-4-15(14)22-11)10-16(21)19-7-5-18(6-8-19)12(2)20/h3-4,9H,5-8,10H2,1-2H3. The second-order valence-electron chi connectivity index (χ2n) is 5.60. The average molecular weight is 301 g/mol. The first-order chi connectivity index (χ1) is 10.5. The molecule has 2 amide bonds. The molecule has 1 aromatic carbocycles. The molecule has 0 saturated carbocycles. The topological polar surface area (TPSA) is 66.7 Å². The molecule has 2 heterocycles. The smallest absolute Gasteiger partial charge is 0.227 e. The Morgan fingerprint density at radius 3 is 2.55 bits per heavy atom. The molecule has 0 unspecified atom stereocenters. The lowest BCUT2D eigenvalue weighted by molar-refractivity contribution is -0.138. The summed E-state index contributed by atoms with van der Waals surface area (Å²) in [7, 11) is 0. The fourth-order valence-electron chi connectivity index (χ4n) is 2.76. The molecular weight excluding hydrogens is 282 g/mol. The highest BCUT2D eigenvalue weighted by Crippen LogP contribution is 2.17. The number of aryl methyl sites for hydroxylation is 1. The van der Waals surface area contributed by atoms with Gasteiger partial charge in [0.1, 0.15) is 5.52 Å². The zero-order valence-corrected chi connectivity index (χ0v) is 12.8. The molecule has 0 radical (unpaired) electrons. The molecule has 0 atom stereocenters. The summed E-state index contributed by atoms with van der Waals surface area (Å²) in [5, 5.41) is 0. The molecular formula is C16H19N3O3.